The summed E-state index contributed by atoms with van der Waals surface area (Å²) in [6.07, 6.45) is 3.14. The van der Waals surface area contributed by atoms with Crippen LogP contribution in [0.1, 0.15) is 41.5 Å². The van der Waals surface area contributed by atoms with Crippen LogP contribution in [-0.2, 0) is 16.0 Å². The van der Waals surface area contributed by atoms with E-state index in [1.54, 1.807) is 18.1 Å². The number of guanidine groups is 1. The molecule has 29 heavy (non-hydrogen) atoms. The quantitative estimate of drug-likeness (QED) is 0.351. The van der Waals surface area contributed by atoms with Gasteiger partial charge < -0.3 is 20.1 Å². The van der Waals surface area contributed by atoms with E-state index in [2.05, 4.69) is 20.7 Å². The van der Waals surface area contributed by atoms with Gasteiger partial charge in [0.2, 0.25) is 0 Å². The lowest BCUT2D eigenvalue weighted by molar-refractivity contribution is -0.0755. The zero-order chi connectivity index (χ0) is 20.9. The van der Waals surface area contributed by atoms with E-state index in [1.165, 1.54) is 0 Å². The molecule has 2 heterocycles. The molecule has 1 aliphatic rings. The molecule has 0 saturated carbocycles. The molecule has 1 aliphatic heterocycles. The number of halogens is 1. The molecule has 10 heteroatoms. The highest BCUT2D eigenvalue weighted by molar-refractivity contribution is 14.0. The summed E-state index contributed by atoms with van der Waals surface area (Å²) >= 11 is 0. The summed E-state index contributed by atoms with van der Waals surface area (Å²) in [6.45, 7) is 13.2. The molecule has 1 aromatic heterocycles. The van der Waals surface area contributed by atoms with E-state index in [4.69, 9.17) is 9.47 Å². The van der Waals surface area contributed by atoms with Crippen LogP contribution in [0.2, 0.25) is 0 Å². The van der Waals surface area contributed by atoms with Gasteiger partial charge in [-0.25, -0.2) is 4.79 Å². The SMILES string of the molecule is CN=C(NCCn1cccn1)NCC1C(C)OC(C)(C)N1C(=O)OC(C)(C)C.I. The Hall–Kier alpha value is -1.56. The number of hydrogen-bond acceptors (Lipinski definition) is 5. The first kappa shape index (κ1) is 25.5. The van der Waals surface area contributed by atoms with Crippen molar-refractivity contribution >= 4 is 36.0 Å². The van der Waals surface area contributed by atoms with Crippen molar-refractivity contribution in [2.24, 2.45) is 4.99 Å². The second-order valence-electron chi connectivity index (χ2n) is 8.34. The molecule has 1 saturated heterocycles. The number of amides is 1. The zero-order valence-corrected chi connectivity index (χ0v) is 20.8. The largest absolute Gasteiger partial charge is 0.444 e. The highest BCUT2D eigenvalue weighted by Crippen LogP contribution is 2.33. The number of nitrogens with one attached hydrogen (secondary N) is 2. The van der Waals surface area contributed by atoms with E-state index in [-0.39, 0.29) is 42.2 Å². The van der Waals surface area contributed by atoms with E-state index in [9.17, 15) is 4.79 Å². The monoisotopic (exact) mass is 522 g/mol. The number of rotatable bonds is 5. The smallest absolute Gasteiger partial charge is 0.412 e. The molecule has 1 amide bonds. The van der Waals surface area contributed by atoms with E-state index < -0.39 is 11.3 Å². The standard InChI is InChI=1S/C19H34N6O3.HI/c1-14-15(25(19(5,6)27-14)17(26)28-18(2,3)4)13-22-16(20-7)21-10-12-24-11-8-9-23-24;/h8-9,11,14-15H,10,12-13H2,1-7H3,(H2,20,21,22);1H. The topological polar surface area (TPSA) is 93.0 Å². The molecule has 166 valence electrons. The predicted octanol–water partition coefficient (Wildman–Crippen LogP) is 2.43. The van der Waals surface area contributed by atoms with Crippen LogP contribution in [0, 0.1) is 0 Å². The fraction of sp³-hybridized carbons (Fsp3) is 0.737. The molecular weight excluding hydrogens is 487 g/mol. The minimum Gasteiger partial charge on any atom is -0.444 e. The van der Waals surface area contributed by atoms with Crippen molar-refractivity contribution in [1.82, 2.24) is 25.3 Å². The molecule has 2 atom stereocenters. The molecule has 0 bridgehead atoms. The lowest BCUT2D eigenvalue weighted by Crippen LogP contribution is -2.54. The number of aliphatic imine (C=N–C) groups is 1. The Morgan fingerprint density at radius 2 is 2.03 bits per heavy atom. The molecule has 0 radical (unpaired) electrons. The van der Waals surface area contributed by atoms with Crippen LogP contribution in [0.3, 0.4) is 0 Å². The molecule has 0 aromatic carbocycles. The lowest BCUT2D eigenvalue weighted by Gasteiger charge is -2.35. The number of carbonyl (C=O) groups is 1. The Morgan fingerprint density at radius 3 is 2.59 bits per heavy atom. The van der Waals surface area contributed by atoms with Crippen molar-refractivity contribution in [3.8, 4) is 0 Å². The maximum Gasteiger partial charge on any atom is 0.412 e. The van der Waals surface area contributed by atoms with Crippen LogP contribution in [-0.4, -0.2) is 70.3 Å². The van der Waals surface area contributed by atoms with Crippen LogP contribution < -0.4 is 10.6 Å². The maximum atomic E-state index is 12.8. The van der Waals surface area contributed by atoms with Gasteiger partial charge in [0.25, 0.3) is 0 Å². The minimum atomic E-state index is -0.745. The third-order valence-electron chi connectivity index (χ3n) is 4.41. The van der Waals surface area contributed by atoms with Crippen molar-refractivity contribution in [3.63, 3.8) is 0 Å². The van der Waals surface area contributed by atoms with Gasteiger partial charge in [0.1, 0.15) is 11.3 Å². The first-order valence-corrected chi connectivity index (χ1v) is 9.65. The molecule has 2 unspecified atom stereocenters. The van der Waals surface area contributed by atoms with Crippen molar-refractivity contribution in [3.05, 3.63) is 18.5 Å². The molecule has 2 N–H and O–H groups in total. The lowest BCUT2D eigenvalue weighted by atomic mass is 10.1. The van der Waals surface area contributed by atoms with E-state index in [1.807, 2.05) is 58.5 Å². The Morgan fingerprint density at radius 1 is 1.34 bits per heavy atom. The predicted molar refractivity (Wildman–Crippen MR) is 123 cm³/mol. The van der Waals surface area contributed by atoms with Crippen molar-refractivity contribution in [2.75, 3.05) is 20.1 Å². The first-order valence-electron chi connectivity index (χ1n) is 9.65. The van der Waals surface area contributed by atoms with Gasteiger partial charge in [-0.15, -0.1) is 24.0 Å². The number of aromatic nitrogens is 2. The number of carbonyl (C=O) groups excluding carboxylic acids is 1. The Kier molecular flexibility index (Phi) is 9.19. The summed E-state index contributed by atoms with van der Waals surface area (Å²) in [5.41, 5.74) is -1.31. The van der Waals surface area contributed by atoms with E-state index in [0.717, 1.165) is 6.54 Å². The van der Waals surface area contributed by atoms with Crippen molar-refractivity contribution < 1.29 is 14.3 Å². The van der Waals surface area contributed by atoms with Crippen LogP contribution >= 0.6 is 24.0 Å². The highest BCUT2D eigenvalue weighted by Gasteiger charge is 2.49. The minimum absolute atomic E-state index is 0. The van der Waals surface area contributed by atoms with Crippen LogP contribution in [0.4, 0.5) is 4.79 Å². The Bertz CT molecular complexity index is 672. The van der Waals surface area contributed by atoms with Gasteiger partial charge in [-0.3, -0.25) is 14.6 Å². The van der Waals surface area contributed by atoms with E-state index in [0.29, 0.717) is 19.0 Å². The van der Waals surface area contributed by atoms with Gasteiger partial charge in [-0.05, 0) is 47.6 Å². The Labute approximate surface area is 190 Å². The average molecular weight is 522 g/mol. The molecule has 0 spiro atoms. The third kappa shape index (κ3) is 7.32. The molecule has 2 rings (SSSR count). The second kappa shape index (κ2) is 10.5. The summed E-state index contributed by atoms with van der Waals surface area (Å²) in [4.78, 5) is 18.7. The fourth-order valence-corrected chi connectivity index (χ4v) is 3.27. The van der Waals surface area contributed by atoms with Crippen LogP contribution in [0.15, 0.2) is 23.5 Å². The van der Waals surface area contributed by atoms with Gasteiger partial charge in [-0.2, -0.15) is 5.10 Å². The molecule has 0 aliphatic carbocycles. The van der Waals surface area contributed by atoms with E-state index >= 15 is 0 Å². The summed E-state index contributed by atoms with van der Waals surface area (Å²) in [7, 11) is 1.72. The maximum absolute atomic E-state index is 12.8. The highest BCUT2D eigenvalue weighted by atomic mass is 127. The van der Waals surface area contributed by atoms with Gasteiger partial charge in [0.15, 0.2) is 5.96 Å². The van der Waals surface area contributed by atoms with Gasteiger partial charge >= 0.3 is 6.09 Å². The van der Waals surface area contributed by atoms with Crippen LogP contribution in [0.25, 0.3) is 0 Å². The molecular formula is C19H35IN6O3. The van der Waals surface area contributed by atoms with Crippen LogP contribution in [0.5, 0.6) is 0 Å². The summed E-state index contributed by atoms with van der Waals surface area (Å²) < 4.78 is 13.5. The number of nitrogens with zero attached hydrogens (tertiary/aromatic N) is 4. The zero-order valence-electron chi connectivity index (χ0n) is 18.4. The number of ether oxygens (including phenoxy) is 2. The summed E-state index contributed by atoms with van der Waals surface area (Å²) in [5, 5.41) is 10.7. The van der Waals surface area contributed by atoms with Crippen molar-refractivity contribution in [1.29, 1.82) is 0 Å². The number of hydrogen-bond donors (Lipinski definition) is 2. The molecule has 1 fully saturated rings. The third-order valence-corrected chi connectivity index (χ3v) is 4.41. The van der Waals surface area contributed by atoms with Gasteiger partial charge in [-0.1, -0.05) is 0 Å². The van der Waals surface area contributed by atoms with Gasteiger partial charge in [0.05, 0.1) is 18.7 Å². The Balaban J connectivity index is 0.00000420. The second-order valence-corrected chi connectivity index (χ2v) is 8.34. The first-order chi connectivity index (χ1) is 13.0. The fourth-order valence-electron chi connectivity index (χ4n) is 3.27. The van der Waals surface area contributed by atoms with Gasteiger partial charge in [0, 0.05) is 32.5 Å². The van der Waals surface area contributed by atoms with Crippen molar-refractivity contribution in [2.45, 2.75) is 71.6 Å². The average Bonchev–Trinajstić information content (AvgIpc) is 3.14. The summed E-state index contributed by atoms with van der Waals surface area (Å²) in [6, 6.07) is 1.70. The summed E-state index contributed by atoms with van der Waals surface area (Å²) in [5.74, 6) is 0.660. The molecule has 9 nitrogen and oxygen atoms in total. The normalized spacial score (nSPS) is 21.5. The molecule has 1 aromatic rings.